The molecule has 0 aliphatic heterocycles. The van der Waals surface area contributed by atoms with Gasteiger partial charge in [0.05, 0.1) is 11.6 Å². The van der Waals surface area contributed by atoms with Gasteiger partial charge >= 0.3 is 6.09 Å². The van der Waals surface area contributed by atoms with E-state index in [1.165, 1.54) is 0 Å². The molecular weight excluding hydrogens is 332 g/mol. The topological polar surface area (TPSA) is 85.2 Å². The van der Waals surface area contributed by atoms with Crippen LogP contribution in [0.5, 0.6) is 0 Å². The van der Waals surface area contributed by atoms with Gasteiger partial charge in [-0.2, -0.15) is 5.10 Å². The first kappa shape index (κ1) is 18.0. The Morgan fingerprint density at radius 3 is 2.27 bits per heavy atom. The molecule has 2 amide bonds. The maximum Gasteiger partial charge on any atom is 0.426 e. The van der Waals surface area contributed by atoms with E-state index >= 15 is 0 Å². The van der Waals surface area contributed by atoms with Crippen LogP contribution in [0.25, 0.3) is 11.1 Å². The molecule has 3 rings (SSSR count). The Morgan fingerprint density at radius 2 is 1.77 bits per heavy atom. The molecule has 0 radical (unpaired) electrons. The summed E-state index contributed by atoms with van der Waals surface area (Å²) in [5.74, 6) is -0.225. The number of hydrazine groups is 1. The van der Waals surface area contributed by atoms with Crippen molar-refractivity contribution < 1.29 is 14.3 Å². The fourth-order valence-electron chi connectivity index (χ4n) is 2.85. The van der Waals surface area contributed by atoms with Gasteiger partial charge in [0.25, 0.3) is 0 Å². The van der Waals surface area contributed by atoms with Gasteiger partial charge in [-0.3, -0.25) is 14.9 Å². The molecule has 1 fully saturated rings. The third-order valence-corrected chi connectivity index (χ3v) is 4.34. The zero-order valence-corrected chi connectivity index (χ0v) is 15.5. The summed E-state index contributed by atoms with van der Waals surface area (Å²) in [5, 5.41) is 4.17. The largest absolute Gasteiger partial charge is 0.443 e. The van der Waals surface area contributed by atoms with Crippen LogP contribution in [0, 0.1) is 0 Å². The quantitative estimate of drug-likeness (QED) is 0.828. The van der Waals surface area contributed by atoms with E-state index in [9.17, 15) is 9.59 Å². The molecule has 0 saturated heterocycles. The minimum Gasteiger partial charge on any atom is -0.443 e. The molecule has 1 heterocycles. The van der Waals surface area contributed by atoms with Gasteiger partial charge in [-0.1, -0.05) is 24.3 Å². The van der Waals surface area contributed by atoms with Gasteiger partial charge in [0.15, 0.2) is 0 Å². The average molecular weight is 356 g/mol. The van der Waals surface area contributed by atoms with Crippen molar-refractivity contribution >= 4 is 12.0 Å². The maximum absolute atomic E-state index is 12.6. The zero-order chi connectivity index (χ0) is 18.9. The highest BCUT2D eigenvalue weighted by Crippen LogP contribution is 2.48. The second-order valence-electron chi connectivity index (χ2n) is 7.64. The summed E-state index contributed by atoms with van der Waals surface area (Å²) in [6.07, 6.45) is 4.58. The molecule has 1 aromatic carbocycles. The number of benzene rings is 1. The van der Waals surface area contributed by atoms with Gasteiger partial charge in [0, 0.05) is 18.8 Å². The summed E-state index contributed by atoms with van der Waals surface area (Å²) >= 11 is 0. The molecule has 2 N–H and O–H groups in total. The molecule has 0 bridgehead atoms. The number of carbonyl (C=O) groups excluding carboxylic acids is 2. The molecule has 2 aromatic rings. The van der Waals surface area contributed by atoms with Crippen LogP contribution in [-0.4, -0.2) is 27.4 Å². The molecule has 0 atom stereocenters. The minimum atomic E-state index is -0.673. The van der Waals surface area contributed by atoms with Crippen LogP contribution in [0.1, 0.15) is 39.2 Å². The van der Waals surface area contributed by atoms with Gasteiger partial charge in [-0.25, -0.2) is 10.2 Å². The molecule has 1 aliphatic rings. The van der Waals surface area contributed by atoms with Crippen molar-refractivity contribution in [3.8, 4) is 11.1 Å². The van der Waals surface area contributed by atoms with Crippen LogP contribution >= 0.6 is 0 Å². The Kier molecular flexibility index (Phi) is 4.48. The van der Waals surface area contributed by atoms with E-state index in [0.717, 1.165) is 29.5 Å². The third kappa shape index (κ3) is 3.87. The first-order chi connectivity index (χ1) is 12.2. The second kappa shape index (κ2) is 6.48. The summed E-state index contributed by atoms with van der Waals surface area (Å²) in [5.41, 5.74) is 6.62. The highest BCUT2D eigenvalue weighted by Gasteiger charge is 2.51. The number of aromatic nitrogens is 2. The molecule has 0 spiro atoms. The highest BCUT2D eigenvalue weighted by atomic mass is 16.6. The number of amides is 2. The molecule has 138 valence electrons. The van der Waals surface area contributed by atoms with Crippen molar-refractivity contribution in [1.82, 2.24) is 20.6 Å². The fraction of sp³-hybridized carbons (Fsp3) is 0.421. The Morgan fingerprint density at radius 1 is 1.12 bits per heavy atom. The van der Waals surface area contributed by atoms with Gasteiger partial charge < -0.3 is 4.74 Å². The predicted octanol–water partition coefficient (Wildman–Crippen LogP) is 2.67. The molecule has 26 heavy (non-hydrogen) atoms. The minimum absolute atomic E-state index is 0.225. The van der Waals surface area contributed by atoms with Crippen molar-refractivity contribution in [2.24, 2.45) is 7.05 Å². The van der Waals surface area contributed by atoms with E-state index in [1.807, 2.05) is 37.5 Å². The summed E-state index contributed by atoms with van der Waals surface area (Å²) in [6, 6.07) is 7.90. The van der Waals surface area contributed by atoms with E-state index in [2.05, 4.69) is 16.0 Å². The Labute approximate surface area is 152 Å². The van der Waals surface area contributed by atoms with E-state index in [0.29, 0.717) is 0 Å². The number of nitrogens with one attached hydrogen (secondary N) is 2. The standard InChI is InChI=1S/C19H24N4O3/c1-18(2,3)26-17(25)22-21-16(24)19(9-10-19)15-7-5-13(6-8-15)14-11-20-23(4)12-14/h5-8,11-12H,9-10H2,1-4H3,(H,21,24)(H,22,25). The molecule has 1 aromatic heterocycles. The highest BCUT2D eigenvalue weighted by molar-refractivity contribution is 5.92. The normalized spacial score (nSPS) is 15.2. The Balaban J connectivity index is 1.65. The van der Waals surface area contributed by atoms with Crippen LogP contribution in [0.3, 0.4) is 0 Å². The number of carbonyl (C=O) groups is 2. The number of hydrogen-bond acceptors (Lipinski definition) is 4. The van der Waals surface area contributed by atoms with Crippen LogP contribution in [0.15, 0.2) is 36.7 Å². The molecule has 1 aliphatic carbocycles. The van der Waals surface area contributed by atoms with Gasteiger partial charge in [-0.15, -0.1) is 0 Å². The molecule has 7 heteroatoms. The first-order valence-electron chi connectivity index (χ1n) is 8.59. The van der Waals surface area contributed by atoms with E-state index in [4.69, 9.17) is 4.74 Å². The number of ether oxygens (including phenoxy) is 1. The number of aryl methyl sites for hydroxylation is 1. The third-order valence-electron chi connectivity index (χ3n) is 4.34. The number of rotatable bonds is 3. The Bertz CT molecular complexity index is 814. The monoisotopic (exact) mass is 356 g/mol. The van der Waals surface area contributed by atoms with Gasteiger partial charge in [0.1, 0.15) is 5.60 Å². The lowest BCUT2D eigenvalue weighted by atomic mass is 9.93. The SMILES string of the molecule is Cn1cc(-c2ccc(C3(C(=O)NNC(=O)OC(C)(C)C)CC3)cc2)cn1. The van der Waals surface area contributed by atoms with Crippen LogP contribution in [-0.2, 0) is 22.0 Å². The molecule has 0 unspecified atom stereocenters. The van der Waals surface area contributed by atoms with Crippen molar-refractivity contribution in [3.63, 3.8) is 0 Å². The van der Waals surface area contributed by atoms with Crippen LogP contribution < -0.4 is 10.9 Å². The average Bonchev–Trinajstić information content (AvgIpc) is 3.27. The molecule has 7 nitrogen and oxygen atoms in total. The van der Waals surface area contributed by atoms with E-state index < -0.39 is 17.1 Å². The lowest BCUT2D eigenvalue weighted by Crippen LogP contribution is -2.48. The fourth-order valence-corrected chi connectivity index (χ4v) is 2.85. The lowest BCUT2D eigenvalue weighted by molar-refractivity contribution is -0.124. The van der Waals surface area contributed by atoms with Gasteiger partial charge in [0.2, 0.25) is 5.91 Å². The van der Waals surface area contributed by atoms with Gasteiger partial charge in [-0.05, 0) is 44.7 Å². The van der Waals surface area contributed by atoms with Crippen LogP contribution in [0.2, 0.25) is 0 Å². The van der Waals surface area contributed by atoms with Crippen molar-refractivity contribution in [2.45, 2.75) is 44.6 Å². The predicted molar refractivity (Wildman–Crippen MR) is 97.1 cm³/mol. The smallest absolute Gasteiger partial charge is 0.426 e. The lowest BCUT2D eigenvalue weighted by Gasteiger charge is -2.21. The van der Waals surface area contributed by atoms with Crippen LogP contribution in [0.4, 0.5) is 4.79 Å². The summed E-state index contributed by atoms with van der Waals surface area (Å²) in [6.45, 7) is 5.29. The number of hydrogen-bond donors (Lipinski definition) is 2. The van der Waals surface area contributed by atoms with E-state index in [1.54, 1.807) is 31.6 Å². The summed E-state index contributed by atoms with van der Waals surface area (Å²) in [4.78, 5) is 24.3. The zero-order valence-electron chi connectivity index (χ0n) is 15.5. The first-order valence-corrected chi connectivity index (χ1v) is 8.59. The molecule has 1 saturated carbocycles. The maximum atomic E-state index is 12.6. The van der Waals surface area contributed by atoms with Crippen molar-refractivity contribution in [1.29, 1.82) is 0 Å². The summed E-state index contributed by atoms with van der Waals surface area (Å²) in [7, 11) is 1.87. The molecular formula is C19H24N4O3. The second-order valence-corrected chi connectivity index (χ2v) is 7.64. The van der Waals surface area contributed by atoms with E-state index in [-0.39, 0.29) is 5.91 Å². The number of nitrogens with zero attached hydrogens (tertiary/aromatic N) is 2. The van der Waals surface area contributed by atoms with Crippen molar-refractivity contribution in [3.05, 3.63) is 42.2 Å². The van der Waals surface area contributed by atoms with Crippen molar-refractivity contribution in [2.75, 3.05) is 0 Å². The Hall–Kier alpha value is -2.83. The summed E-state index contributed by atoms with van der Waals surface area (Å²) < 4.78 is 6.87.